The molecule has 5 aliphatic rings. The van der Waals surface area contributed by atoms with E-state index >= 15 is 4.39 Å². The minimum atomic E-state index is -4.71. The van der Waals surface area contributed by atoms with Crippen molar-refractivity contribution in [2.24, 2.45) is 5.41 Å². The molecule has 0 unspecified atom stereocenters. The van der Waals surface area contributed by atoms with Crippen molar-refractivity contribution < 1.29 is 51.0 Å². The van der Waals surface area contributed by atoms with E-state index in [9.17, 15) is 37.1 Å². The van der Waals surface area contributed by atoms with Crippen LogP contribution in [0.4, 0.5) is 28.9 Å². The summed E-state index contributed by atoms with van der Waals surface area (Å²) in [5, 5.41) is 11.7. The molecule has 9 rings (SSSR count). The van der Waals surface area contributed by atoms with Crippen molar-refractivity contribution in [1.82, 2.24) is 25.4 Å². The number of hydrogen-bond acceptors (Lipinski definition) is 10. The highest BCUT2D eigenvalue weighted by atomic mass is 35.5. The molecule has 3 saturated heterocycles. The standard InChI is InChI=1S/C51H50ClF4N7O7/c1-49(2,3)22-40-50(26-58-36-21-39(51(54,55)56)57-23-33(36)50)42(32-9-6-10-34(52)43(32)53)44(60-40)46(66)59-35-14-12-28(20-38(35)69-4)47(67)62-17-18-70-30(25-62)8-5-7-27-11-13-31-29(19-27)24-63(48(31)68)37-15-16-41(64)61-45(37)65/h6,9-14,19-21,23,30,37,40,42,44,58,60H,8,15-18,22,24-26H2,1-4H3,(H,59,66)(H,61,64,65)/t30-,37+,40+,42+,44-,50+/m1/s1. The number of piperidine rings is 1. The molecule has 6 heterocycles. The van der Waals surface area contributed by atoms with Crippen LogP contribution in [0.25, 0.3) is 0 Å². The number of morpholine rings is 1. The number of halogens is 5. The second-order valence-corrected chi connectivity index (χ2v) is 19.9. The Morgan fingerprint density at radius 3 is 2.61 bits per heavy atom. The Hall–Kier alpha value is -6.55. The number of pyridine rings is 1. The van der Waals surface area contributed by atoms with Gasteiger partial charge < -0.3 is 35.2 Å². The number of alkyl halides is 3. The lowest BCUT2D eigenvalue weighted by molar-refractivity contribution is -0.141. The van der Waals surface area contributed by atoms with E-state index in [0.29, 0.717) is 36.1 Å². The van der Waals surface area contributed by atoms with Crippen molar-refractivity contribution >= 4 is 52.5 Å². The number of methoxy groups -OCH3 is 1. The molecule has 0 bridgehead atoms. The summed E-state index contributed by atoms with van der Waals surface area (Å²) in [6.45, 7) is 7.12. The van der Waals surface area contributed by atoms with E-state index in [-0.39, 0.29) is 95.5 Å². The van der Waals surface area contributed by atoms with Crippen LogP contribution in [0, 0.1) is 23.1 Å². The number of nitrogens with one attached hydrogen (secondary N) is 4. The average molecular weight is 984 g/mol. The zero-order chi connectivity index (χ0) is 49.9. The largest absolute Gasteiger partial charge is 0.495 e. The highest BCUT2D eigenvalue weighted by molar-refractivity contribution is 6.30. The number of nitrogens with zero attached hydrogens (tertiary/aromatic N) is 3. The first-order chi connectivity index (χ1) is 33.2. The third-order valence-corrected chi connectivity index (χ3v) is 14.1. The average Bonchev–Trinajstić information content (AvgIpc) is 3.96. The maximum Gasteiger partial charge on any atom is 0.433 e. The van der Waals surface area contributed by atoms with E-state index in [2.05, 4.69) is 38.1 Å². The van der Waals surface area contributed by atoms with Crippen molar-refractivity contribution in [3.8, 4) is 17.6 Å². The molecule has 5 amide bonds. The fourth-order valence-corrected chi connectivity index (χ4v) is 10.8. The molecule has 70 heavy (non-hydrogen) atoms. The van der Waals surface area contributed by atoms with Gasteiger partial charge in [0, 0.05) is 90.5 Å². The Bertz CT molecular complexity index is 2880. The number of ether oxygens (including phenoxy) is 2. The third-order valence-electron chi connectivity index (χ3n) is 13.8. The molecule has 4 aromatic rings. The van der Waals surface area contributed by atoms with E-state index in [4.69, 9.17) is 21.1 Å². The monoisotopic (exact) mass is 983 g/mol. The lowest BCUT2D eigenvalue weighted by atomic mass is 9.63. The predicted molar refractivity (Wildman–Crippen MR) is 250 cm³/mol. The number of rotatable bonds is 8. The highest BCUT2D eigenvalue weighted by Crippen LogP contribution is 2.57. The van der Waals surface area contributed by atoms with E-state index in [1.807, 2.05) is 26.8 Å². The first kappa shape index (κ1) is 48.5. The molecule has 3 aromatic carbocycles. The summed E-state index contributed by atoms with van der Waals surface area (Å²) in [5.74, 6) is 2.69. The van der Waals surface area contributed by atoms with E-state index in [1.54, 1.807) is 35.2 Å². The Morgan fingerprint density at radius 1 is 1.07 bits per heavy atom. The minimum Gasteiger partial charge on any atom is -0.495 e. The number of anilines is 2. The van der Waals surface area contributed by atoms with Crippen LogP contribution >= 0.6 is 11.6 Å². The van der Waals surface area contributed by atoms with Gasteiger partial charge in [0.05, 0.1) is 36.6 Å². The second kappa shape index (κ2) is 18.6. The summed E-state index contributed by atoms with van der Waals surface area (Å²) >= 11 is 6.36. The summed E-state index contributed by atoms with van der Waals surface area (Å²) in [6, 6.07) is 12.9. The SMILES string of the molecule is COc1cc(C(=O)N2CCO[C@H](CC#Cc3ccc4c(c3)CN([C@H]3CCC(=O)NC3=O)C4=O)C2)ccc1NC(=O)[C@@H]1N[C@@H](CC(C)(C)C)[C@@]2(CNc3cc(C(F)(F)F)ncc32)[C@H]1c1cccc(Cl)c1F. The molecular formula is C51H50ClF4N7O7. The number of carbonyl (C=O) groups excluding carboxylic acids is 5. The molecule has 1 spiro atoms. The van der Waals surface area contributed by atoms with Crippen molar-refractivity contribution in [1.29, 1.82) is 0 Å². The summed E-state index contributed by atoms with van der Waals surface area (Å²) in [5.41, 5.74) is 0.497. The number of fused-ring (bicyclic) bond motifs is 3. The molecule has 1 aromatic heterocycles. The van der Waals surface area contributed by atoms with E-state index < -0.39 is 65.1 Å². The first-order valence-corrected chi connectivity index (χ1v) is 23.3. The van der Waals surface area contributed by atoms with Gasteiger partial charge in [-0.3, -0.25) is 34.3 Å². The van der Waals surface area contributed by atoms with Crippen LogP contribution < -0.4 is 26.0 Å². The Morgan fingerprint density at radius 2 is 1.87 bits per heavy atom. The van der Waals surface area contributed by atoms with Gasteiger partial charge in [0.25, 0.3) is 11.8 Å². The van der Waals surface area contributed by atoms with Crippen LogP contribution in [0.3, 0.4) is 0 Å². The first-order valence-electron chi connectivity index (χ1n) is 22.9. The van der Waals surface area contributed by atoms with Gasteiger partial charge in [-0.15, -0.1) is 0 Å². The maximum atomic E-state index is 16.3. The fraction of sp³-hybridized carbons (Fsp3) is 0.412. The zero-order valence-electron chi connectivity index (χ0n) is 38.7. The lowest BCUT2D eigenvalue weighted by Gasteiger charge is -2.39. The van der Waals surface area contributed by atoms with Gasteiger partial charge in [-0.1, -0.05) is 56.3 Å². The topological polar surface area (TPSA) is 171 Å². The number of amides is 5. The predicted octanol–water partition coefficient (Wildman–Crippen LogP) is 6.81. The van der Waals surface area contributed by atoms with Crippen LogP contribution in [0.15, 0.2) is 66.9 Å². The normalized spacial score (nSPS) is 24.1. The van der Waals surface area contributed by atoms with Gasteiger partial charge in [0.2, 0.25) is 17.7 Å². The molecule has 366 valence electrons. The molecule has 5 aliphatic heterocycles. The van der Waals surface area contributed by atoms with Crippen LogP contribution in [0.1, 0.15) is 101 Å². The van der Waals surface area contributed by atoms with Crippen molar-refractivity contribution in [2.75, 3.05) is 44.0 Å². The third kappa shape index (κ3) is 9.17. The van der Waals surface area contributed by atoms with Gasteiger partial charge in [0.1, 0.15) is 23.3 Å². The van der Waals surface area contributed by atoms with Crippen molar-refractivity contribution in [3.05, 3.63) is 117 Å². The Balaban J connectivity index is 0.909. The summed E-state index contributed by atoms with van der Waals surface area (Å²) in [6.07, 6.45) is -2.77. The number of carbonyl (C=O) groups is 5. The van der Waals surface area contributed by atoms with E-state index in [1.165, 1.54) is 36.4 Å². The highest BCUT2D eigenvalue weighted by Gasteiger charge is 2.62. The minimum absolute atomic E-state index is 0.0705. The number of hydrogen-bond donors (Lipinski definition) is 4. The Labute approximate surface area is 406 Å². The molecule has 6 atom stereocenters. The van der Waals surface area contributed by atoms with E-state index in [0.717, 1.165) is 11.6 Å². The van der Waals surface area contributed by atoms with Crippen LogP contribution in [-0.2, 0) is 37.3 Å². The zero-order valence-corrected chi connectivity index (χ0v) is 39.4. The molecule has 0 saturated carbocycles. The van der Waals surface area contributed by atoms with Crippen LogP contribution in [0.2, 0.25) is 5.02 Å². The summed E-state index contributed by atoms with van der Waals surface area (Å²) in [7, 11) is 1.39. The summed E-state index contributed by atoms with van der Waals surface area (Å²) in [4.78, 5) is 72.9. The van der Waals surface area contributed by atoms with Crippen LogP contribution in [-0.4, -0.2) is 102 Å². The fourth-order valence-electron chi connectivity index (χ4n) is 10.6. The molecule has 0 aliphatic carbocycles. The molecule has 3 fully saturated rings. The van der Waals surface area contributed by atoms with Crippen molar-refractivity contribution in [3.63, 3.8) is 0 Å². The molecular weight excluding hydrogens is 934 g/mol. The number of aromatic nitrogens is 1. The Kier molecular flexibility index (Phi) is 12.9. The quantitative estimate of drug-likeness (QED) is 0.0836. The van der Waals surface area contributed by atoms with Gasteiger partial charge in [0.15, 0.2) is 0 Å². The van der Waals surface area contributed by atoms with Gasteiger partial charge in [-0.25, -0.2) is 4.39 Å². The van der Waals surface area contributed by atoms with Gasteiger partial charge in [-0.05, 0) is 77.9 Å². The molecule has 14 nitrogen and oxygen atoms in total. The summed E-state index contributed by atoms with van der Waals surface area (Å²) < 4.78 is 69.6. The van der Waals surface area contributed by atoms with Gasteiger partial charge >= 0.3 is 6.18 Å². The van der Waals surface area contributed by atoms with Crippen LogP contribution in [0.5, 0.6) is 5.75 Å². The molecule has 0 radical (unpaired) electrons. The number of imide groups is 1. The molecule has 19 heteroatoms. The second-order valence-electron chi connectivity index (χ2n) is 19.5. The lowest BCUT2D eigenvalue weighted by Crippen LogP contribution is -2.52. The van der Waals surface area contributed by atoms with Gasteiger partial charge in [-0.2, -0.15) is 13.2 Å². The smallest absolute Gasteiger partial charge is 0.433 e. The number of benzene rings is 3. The molecule has 4 N–H and O–H groups in total. The van der Waals surface area contributed by atoms with Crippen molar-refractivity contribution in [2.45, 2.75) is 94.7 Å². The maximum absolute atomic E-state index is 16.3.